The molecule has 2 aromatic rings. The van der Waals surface area contributed by atoms with Crippen LogP contribution in [0.4, 0.5) is 11.4 Å². The fraction of sp³-hybridized carbons (Fsp3) is 0.391. The summed E-state index contributed by atoms with van der Waals surface area (Å²) in [6.45, 7) is 10.2. The predicted molar refractivity (Wildman–Crippen MR) is 114 cm³/mol. The number of para-hydroxylation sites is 2. The molecule has 0 aromatic heterocycles. The number of carbonyl (C=O) groups is 2. The van der Waals surface area contributed by atoms with Gasteiger partial charge in [0.2, 0.25) is 11.8 Å². The summed E-state index contributed by atoms with van der Waals surface area (Å²) in [5.74, 6) is 0.513. The third-order valence-electron chi connectivity index (χ3n) is 4.38. The van der Waals surface area contributed by atoms with E-state index in [2.05, 4.69) is 0 Å². The van der Waals surface area contributed by atoms with Crippen LogP contribution in [0.5, 0.6) is 5.75 Å². The zero-order chi connectivity index (χ0) is 20.7. The van der Waals surface area contributed by atoms with Gasteiger partial charge in [-0.05, 0) is 57.5 Å². The van der Waals surface area contributed by atoms with Gasteiger partial charge in [-0.25, -0.2) is 0 Å². The van der Waals surface area contributed by atoms with Gasteiger partial charge in [0.1, 0.15) is 5.75 Å². The number of nitrogens with zero attached hydrogens (tertiary/aromatic N) is 2. The first-order chi connectivity index (χ1) is 13.3. The van der Waals surface area contributed by atoms with Gasteiger partial charge < -0.3 is 14.5 Å². The molecule has 5 nitrogen and oxygen atoms in total. The highest BCUT2D eigenvalue weighted by molar-refractivity contribution is 5.96. The minimum Gasteiger partial charge on any atom is -0.489 e. The molecule has 0 saturated carbocycles. The molecular formula is C23H30N2O3. The highest BCUT2D eigenvalue weighted by atomic mass is 16.5. The molecule has 28 heavy (non-hydrogen) atoms. The van der Waals surface area contributed by atoms with E-state index in [1.807, 2.05) is 76.2 Å². The van der Waals surface area contributed by atoms with E-state index in [4.69, 9.17) is 4.74 Å². The Morgan fingerprint density at radius 3 is 2.36 bits per heavy atom. The van der Waals surface area contributed by atoms with Crippen LogP contribution in [0, 0.1) is 6.92 Å². The highest BCUT2D eigenvalue weighted by Gasteiger charge is 2.20. The van der Waals surface area contributed by atoms with Gasteiger partial charge in [0.05, 0.1) is 11.8 Å². The molecule has 0 radical (unpaired) electrons. The first-order valence-electron chi connectivity index (χ1n) is 9.74. The molecule has 0 saturated heterocycles. The molecule has 0 aliphatic rings. The minimum absolute atomic E-state index is 0.00602. The van der Waals surface area contributed by atoms with Gasteiger partial charge >= 0.3 is 0 Å². The van der Waals surface area contributed by atoms with Gasteiger partial charge in [-0.15, -0.1) is 0 Å². The van der Waals surface area contributed by atoms with Crippen molar-refractivity contribution in [2.45, 2.75) is 47.1 Å². The third kappa shape index (κ3) is 5.59. The summed E-state index contributed by atoms with van der Waals surface area (Å²) < 4.78 is 5.85. The first-order valence-corrected chi connectivity index (χ1v) is 9.74. The van der Waals surface area contributed by atoms with Gasteiger partial charge in [-0.3, -0.25) is 9.59 Å². The molecule has 150 valence electrons. The fourth-order valence-corrected chi connectivity index (χ4v) is 3.12. The standard InChI is InChI=1S/C23H30N2O3/c1-6-24(20-11-9-10-18(4)16-20)23(27)14-15-25(19(5)26)21-12-7-8-13-22(21)28-17(2)3/h7-13,16-17H,6,14-15H2,1-5H3. The average Bonchev–Trinajstić information content (AvgIpc) is 2.63. The molecule has 0 fully saturated rings. The van der Waals surface area contributed by atoms with E-state index in [-0.39, 0.29) is 24.3 Å². The summed E-state index contributed by atoms with van der Waals surface area (Å²) in [5.41, 5.74) is 2.68. The number of benzene rings is 2. The van der Waals surface area contributed by atoms with Crippen molar-refractivity contribution in [2.24, 2.45) is 0 Å². The molecule has 0 aliphatic heterocycles. The Balaban J connectivity index is 2.17. The fourth-order valence-electron chi connectivity index (χ4n) is 3.12. The number of aryl methyl sites for hydroxylation is 1. The lowest BCUT2D eigenvalue weighted by molar-refractivity contribution is -0.118. The van der Waals surface area contributed by atoms with Crippen LogP contribution in [0.3, 0.4) is 0 Å². The normalized spacial score (nSPS) is 10.6. The van der Waals surface area contributed by atoms with E-state index in [1.165, 1.54) is 6.92 Å². The Hall–Kier alpha value is -2.82. The van der Waals surface area contributed by atoms with Crippen LogP contribution in [-0.2, 0) is 9.59 Å². The van der Waals surface area contributed by atoms with Crippen LogP contribution >= 0.6 is 0 Å². The minimum atomic E-state index is -0.119. The van der Waals surface area contributed by atoms with Crippen molar-refractivity contribution in [1.82, 2.24) is 0 Å². The number of carbonyl (C=O) groups excluding carboxylic acids is 2. The SMILES string of the molecule is CCN(C(=O)CCN(C(C)=O)c1ccccc1OC(C)C)c1cccc(C)c1. The molecule has 0 heterocycles. The van der Waals surface area contributed by atoms with E-state index in [0.717, 1.165) is 11.3 Å². The van der Waals surface area contributed by atoms with E-state index >= 15 is 0 Å². The van der Waals surface area contributed by atoms with Crippen LogP contribution < -0.4 is 14.5 Å². The summed E-state index contributed by atoms with van der Waals surface area (Å²) in [5, 5.41) is 0. The lowest BCUT2D eigenvalue weighted by Gasteiger charge is -2.26. The summed E-state index contributed by atoms with van der Waals surface area (Å²) in [6, 6.07) is 15.3. The summed E-state index contributed by atoms with van der Waals surface area (Å²) in [6.07, 6.45) is 0.227. The Morgan fingerprint density at radius 1 is 1.04 bits per heavy atom. The average molecular weight is 383 g/mol. The molecule has 5 heteroatoms. The zero-order valence-corrected chi connectivity index (χ0v) is 17.4. The van der Waals surface area contributed by atoms with Crippen LogP contribution in [0.1, 0.15) is 39.7 Å². The maximum atomic E-state index is 12.9. The number of anilines is 2. The van der Waals surface area contributed by atoms with Crippen molar-refractivity contribution in [3.8, 4) is 5.75 Å². The molecule has 2 aromatic carbocycles. The second kappa shape index (κ2) is 9.93. The Kier molecular flexibility index (Phi) is 7.61. The summed E-state index contributed by atoms with van der Waals surface area (Å²) in [4.78, 5) is 28.5. The van der Waals surface area contributed by atoms with Crippen LogP contribution in [-0.4, -0.2) is 31.0 Å². The molecule has 0 N–H and O–H groups in total. The smallest absolute Gasteiger partial charge is 0.228 e. The molecule has 0 unspecified atom stereocenters. The van der Waals surface area contributed by atoms with Gasteiger partial charge in [-0.2, -0.15) is 0 Å². The van der Waals surface area contributed by atoms with E-state index < -0.39 is 0 Å². The van der Waals surface area contributed by atoms with Crippen molar-refractivity contribution in [1.29, 1.82) is 0 Å². The zero-order valence-electron chi connectivity index (χ0n) is 17.4. The summed E-state index contributed by atoms with van der Waals surface area (Å²) in [7, 11) is 0. The molecule has 0 atom stereocenters. The van der Waals surface area contributed by atoms with Crippen molar-refractivity contribution >= 4 is 23.2 Å². The Bertz CT molecular complexity index is 817. The van der Waals surface area contributed by atoms with Crippen LogP contribution in [0.2, 0.25) is 0 Å². The molecular weight excluding hydrogens is 352 g/mol. The second-order valence-electron chi connectivity index (χ2n) is 7.03. The molecule has 0 aliphatic carbocycles. The molecule has 2 amide bonds. The van der Waals surface area contributed by atoms with Crippen molar-refractivity contribution < 1.29 is 14.3 Å². The molecule has 0 bridgehead atoms. The maximum Gasteiger partial charge on any atom is 0.228 e. The van der Waals surface area contributed by atoms with Gasteiger partial charge in [0, 0.05) is 32.1 Å². The predicted octanol–water partition coefficient (Wildman–Crippen LogP) is 4.58. The maximum absolute atomic E-state index is 12.9. The topological polar surface area (TPSA) is 49.9 Å². The van der Waals surface area contributed by atoms with Crippen LogP contribution in [0.15, 0.2) is 48.5 Å². The van der Waals surface area contributed by atoms with E-state index in [0.29, 0.717) is 24.5 Å². The monoisotopic (exact) mass is 382 g/mol. The first kappa shape index (κ1) is 21.5. The Morgan fingerprint density at radius 2 is 1.75 bits per heavy atom. The van der Waals surface area contributed by atoms with Gasteiger partial charge in [0.15, 0.2) is 0 Å². The van der Waals surface area contributed by atoms with Crippen molar-refractivity contribution in [3.05, 3.63) is 54.1 Å². The molecule has 2 rings (SSSR count). The summed E-state index contributed by atoms with van der Waals surface area (Å²) >= 11 is 0. The van der Waals surface area contributed by atoms with Gasteiger partial charge in [0.25, 0.3) is 0 Å². The number of hydrogen-bond acceptors (Lipinski definition) is 3. The largest absolute Gasteiger partial charge is 0.489 e. The van der Waals surface area contributed by atoms with E-state index in [1.54, 1.807) is 9.80 Å². The highest BCUT2D eigenvalue weighted by Crippen LogP contribution is 2.29. The number of amides is 2. The number of ether oxygens (including phenoxy) is 1. The van der Waals surface area contributed by atoms with Crippen molar-refractivity contribution in [2.75, 3.05) is 22.9 Å². The van der Waals surface area contributed by atoms with Gasteiger partial charge in [-0.1, -0.05) is 24.3 Å². The third-order valence-corrected chi connectivity index (χ3v) is 4.38. The second-order valence-corrected chi connectivity index (χ2v) is 7.03. The van der Waals surface area contributed by atoms with Crippen molar-refractivity contribution in [3.63, 3.8) is 0 Å². The number of rotatable bonds is 8. The lowest BCUT2D eigenvalue weighted by atomic mass is 10.2. The quantitative estimate of drug-likeness (QED) is 0.671. The number of hydrogen-bond donors (Lipinski definition) is 0. The van der Waals surface area contributed by atoms with E-state index in [9.17, 15) is 9.59 Å². The lowest BCUT2D eigenvalue weighted by Crippen LogP contribution is -2.36. The Labute approximate surface area is 167 Å². The molecule has 0 spiro atoms. The van der Waals surface area contributed by atoms with Crippen LogP contribution in [0.25, 0.3) is 0 Å².